The Labute approximate surface area is 275 Å². The lowest BCUT2D eigenvalue weighted by Gasteiger charge is -2.06. The van der Waals surface area contributed by atoms with Crippen LogP contribution in [0.3, 0.4) is 0 Å². The minimum absolute atomic E-state index is 0.336. The summed E-state index contributed by atoms with van der Waals surface area (Å²) in [5.41, 5.74) is 9.90. The van der Waals surface area contributed by atoms with Gasteiger partial charge in [-0.2, -0.15) is 10.5 Å². The number of nitriles is 2. The predicted molar refractivity (Wildman–Crippen MR) is 188 cm³/mol. The number of rotatable bonds is 4. The number of aryl methyl sites for hydroxylation is 2. The monoisotopic (exact) mass is 618 g/mol. The summed E-state index contributed by atoms with van der Waals surface area (Å²) in [4.78, 5) is 26.3. The zero-order valence-electron chi connectivity index (χ0n) is 26.1. The van der Waals surface area contributed by atoms with E-state index in [1.807, 2.05) is 111 Å². The van der Waals surface area contributed by atoms with Crippen molar-refractivity contribution in [2.75, 3.05) is 0 Å². The van der Waals surface area contributed by atoms with Crippen molar-refractivity contribution in [3.05, 3.63) is 143 Å². The Morgan fingerprint density at radius 3 is 1.29 bits per heavy atom. The normalized spacial score (nSPS) is 12.6. The highest BCUT2D eigenvalue weighted by Crippen LogP contribution is 2.34. The highest BCUT2D eigenvalue weighted by Gasteiger charge is 2.24. The second-order valence-corrected chi connectivity index (χ2v) is 11.6. The summed E-state index contributed by atoms with van der Waals surface area (Å²) < 4.78 is 0. The molecule has 0 saturated carbocycles. The van der Waals surface area contributed by atoms with Crippen LogP contribution < -0.4 is 10.7 Å². The molecule has 8 nitrogen and oxygen atoms in total. The number of aromatic nitrogens is 6. The largest absolute Gasteiger partial charge is 0.353 e. The highest BCUT2D eigenvalue weighted by atomic mass is 14.8. The van der Waals surface area contributed by atoms with Gasteiger partial charge in [0.15, 0.2) is 0 Å². The molecule has 0 fully saturated rings. The van der Waals surface area contributed by atoms with E-state index >= 15 is 0 Å². The van der Waals surface area contributed by atoms with E-state index in [4.69, 9.17) is 9.97 Å². The fraction of sp³-hybridized carbons (Fsp3) is 0.0500. The standard InChI is InChI=1S/C40H26N8/c1-23-11-3-5-13-25(23)37-35-36(40(47-37)28(20-42)34-22-44-30-16-8-10-18-32(30)46-34)38(26-14-6-4-12-24(26)2)48-39(35)27(19-41)33-21-43-29-15-7-9-17-31(29)45-33/h3-18,21-22,47-48H,1-2H3/b39-27-,40-28-. The smallest absolute Gasteiger partial charge is 0.104 e. The van der Waals surface area contributed by atoms with Gasteiger partial charge in [0.25, 0.3) is 0 Å². The Morgan fingerprint density at radius 1 is 0.521 bits per heavy atom. The van der Waals surface area contributed by atoms with Crippen molar-refractivity contribution in [1.82, 2.24) is 29.9 Å². The molecule has 0 bridgehead atoms. The third-order valence-corrected chi connectivity index (χ3v) is 8.71. The van der Waals surface area contributed by atoms with Crippen LogP contribution in [0.15, 0.2) is 109 Å². The molecule has 0 unspecified atom stereocenters. The summed E-state index contributed by atoms with van der Waals surface area (Å²) >= 11 is 0. The van der Waals surface area contributed by atoms with Gasteiger partial charge in [-0.15, -0.1) is 0 Å². The van der Waals surface area contributed by atoms with Gasteiger partial charge in [0.05, 0.1) is 56.5 Å². The van der Waals surface area contributed by atoms with E-state index in [1.165, 1.54) is 0 Å². The number of benzene rings is 4. The Morgan fingerprint density at radius 2 is 0.896 bits per heavy atom. The molecule has 0 atom stereocenters. The van der Waals surface area contributed by atoms with Crippen molar-refractivity contribution in [2.45, 2.75) is 13.8 Å². The quantitative estimate of drug-likeness (QED) is 0.224. The number of nitrogens with zero attached hydrogens (tertiary/aromatic N) is 6. The van der Waals surface area contributed by atoms with Crippen LogP contribution in [-0.2, 0) is 0 Å². The number of hydrogen-bond acceptors (Lipinski definition) is 6. The Hall–Kier alpha value is -6.90. The van der Waals surface area contributed by atoms with E-state index < -0.39 is 0 Å². The Kier molecular flexibility index (Phi) is 6.83. The maximum atomic E-state index is 10.8. The molecule has 0 saturated heterocycles. The fourth-order valence-corrected chi connectivity index (χ4v) is 6.37. The number of hydrogen-bond donors (Lipinski definition) is 2. The van der Waals surface area contributed by atoms with Crippen molar-refractivity contribution in [1.29, 1.82) is 10.5 Å². The second kappa shape index (κ2) is 11.5. The number of para-hydroxylation sites is 4. The summed E-state index contributed by atoms with van der Waals surface area (Å²) in [6.07, 6.45) is 3.28. The molecule has 4 heterocycles. The van der Waals surface area contributed by atoms with Crippen LogP contribution in [-0.4, -0.2) is 29.9 Å². The third-order valence-electron chi connectivity index (χ3n) is 8.71. The molecule has 4 aromatic carbocycles. The van der Waals surface area contributed by atoms with Crippen LogP contribution in [0.1, 0.15) is 22.5 Å². The van der Waals surface area contributed by atoms with E-state index in [0.29, 0.717) is 44.3 Å². The molecule has 8 rings (SSSR count). The second-order valence-electron chi connectivity index (χ2n) is 11.6. The van der Waals surface area contributed by atoms with E-state index in [-0.39, 0.29) is 0 Å². The Balaban J connectivity index is 1.60. The van der Waals surface area contributed by atoms with Gasteiger partial charge in [0.1, 0.15) is 34.7 Å². The van der Waals surface area contributed by atoms with Gasteiger partial charge < -0.3 is 9.97 Å². The van der Waals surface area contributed by atoms with E-state index in [1.54, 1.807) is 12.4 Å². The van der Waals surface area contributed by atoms with Gasteiger partial charge in [-0.05, 0) is 49.2 Å². The first-order chi connectivity index (χ1) is 23.6. The summed E-state index contributed by atoms with van der Waals surface area (Å²) in [7, 11) is 0. The molecular formula is C40H26N8. The zero-order chi connectivity index (χ0) is 32.8. The van der Waals surface area contributed by atoms with Crippen LogP contribution in [0.5, 0.6) is 0 Å². The van der Waals surface area contributed by atoms with Crippen molar-refractivity contribution in [3.8, 4) is 34.7 Å². The first kappa shape index (κ1) is 28.6. The number of H-pyrrole nitrogens is 2. The molecule has 0 radical (unpaired) electrons. The molecule has 48 heavy (non-hydrogen) atoms. The molecule has 0 spiro atoms. The first-order valence-corrected chi connectivity index (χ1v) is 15.4. The van der Waals surface area contributed by atoms with Crippen LogP contribution >= 0.6 is 0 Å². The Bertz CT molecular complexity index is 2600. The lowest BCUT2D eigenvalue weighted by molar-refractivity contribution is 1.22. The summed E-state index contributed by atoms with van der Waals surface area (Å²) in [5.74, 6) is 0. The van der Waals surface area contributed by atoms with Gasteiger partial charge in [-0.3, -0.25) is 9.97 Å². The SMILES string of the molecule is Cc1ccccc1-c1[nH]/c(=C(/C#N)c2cnc3ccccc3n2)c2c(-c3ccccc3C)[nH]/c(=C(/C#N)c3cnc4ccccc4n3)c12. The van der Waals surface area contributed by atoms with Crippen LogP contribution in [0.4, 0.5) is 0 Å². The van der Waals surface area contributed by atoms with Gasteiger partial charge >= 0.3 is 0 Å². The average Bonchev–Trinajstić information content (AvgIpc) is 3.69. The van der Waals surface area contributed by atoms with Gasteiger partial charge in [-0.25, -0.2) is 9.97 Å². The molecule has 4 aromatic heterocycles. The fourth-order valence-electron chi connectivity index (χ4n) is 6.37. The molecular weight excluding hydrogens is 592 g/mol. The van der Waals surface area contributed by atoms with E-state index in [0.717, 1.165) is 55.4 Å². The van der Waals surface area contributed by atoms with Crippen molar-refractivity contribution in [2.24, 2.45) is 0 Å². The molecule has 8 heteroatoms. The molecule has 0 aliphatic rings. The predicted octanol–water partition coefficient (Wildman–Crippen LogP) is 6.78. The van der Waals surface area contributed by atoms with E-state index in [2.05, 4.69) is 32.1 Å². The van der Waals surface area contributed by atoms with E-state index in [9.17, 15) is 10.5 Å². The maximum absolute atomic E-state index is 10.8. The zero-order valence-corrected chi connectivity index (χ0v) is 26.1. The minimum Gasteiger partial charge on any atom is -0.353 e. The van der Waals surface area contributed by atoms with Crippen molar-refractivity contribution < 1.29 is 0 Å². The summed E-state index contributed by atoms with van der Waals surface area (Å²) in [6.45, 7) is 4.09. The van der Waals surface area contributed by atoms with Crippen LogP contribution in [0, 0.1) is 36.5 Å². The molecule has 226 valence electrons. The highest BCUT2D eigenvalue weighted by molar-refractivity contribution is 6.08. The van der Waals surface area contributed by atoms with Crippen LogP contribution in [0.25, 0.3) is 66.5 Å². The number of fused-ring (bicyclic) bond motifs is 3. The molecule has 8 aromatic rings. The molecule has 0 aliphatic carbocycles. The molecule has 0 aliphatic heterocycles. The molecule has 2 N–H and O–H groups in total. The van der Waals surface area contributed by atoms with Crippen LogP contribution in [0.2, 0.25) is 0 Å². The lowest BCUT2D eigenvalue weighted by atomic mass is 10.00. The summed E-state index contributed by atoms with van der Waals surface area (Å²) in [5, 5.41) is 24.3. The average molecular weight is 619 g/mol. The van der Waals surface area contributed by atoms with Gasteiger partial charge in [-0.1, -0.05) is 72.8 Å². The lowest BCUT2D eigenvalue weighted by Crippen LogP contribution is -2.12. The maximum Gasteiger partial charge on any atom is 0.104 e. The van der Waals surface area contributed by atoms with Crippen molar-refractivity contribution in [3.63, 3.8) is 0 Å². The van der Waals surface area contributed by atoms with Gasteiger partial charge in [0.2, 0.25) is 0 Å². The summed E-state index contributed by atoms with van der Waals surface area (Å²) in [6, 6.07) is 36.2. The minimum atomic E-state index is 0.336. The molecule has 0 amide bonds. The third kappa shape index (κ3) is 4.60. The van der Waals surface area contributed by atoms with Crippen molar-refractivity contribution >= 4 is 44.0 Å². The number of aromatic amines is 2. The van der Waals surface area contributed by atoms with Gasteiger partial charge in [0, 0.05) is 21.9 Å². The first-order valence-electron chi connectivity index (χ1n) is 15.4. The topological polar surface area (TPSA) is 131 Å². The number of nitrogens with one attached hydrogen (secondary N) is 2.